The Balaban J connectivity index is 2.25. The highest BCUT2D eigenvalue weighted by Crippen LogP contribution is 2.18. The first-order valence-corrected chi connectivity index (χ1v) is 6.05. The number of benzene rings is 1. The molecule has 0 spiro atoms. The molecule has 0 aliphatic rings. The van der Waals surface area contributed by atoms with Crippen LogP contribution in [-0.4, -0.2) is 27.6 Å². The smallest absolute Gasteiger partial charge is 0.318 e. The normalized spacial score (nSPS) is 10.8. The minimum Gasteiger partial charge on any atom is -0.497 e. The van der Waals surface area contributed by atoms with Crippen LogP contribution in [0.3, 0.4) is 0 Å². The lowest BCUT2D eigenvalue weighted by Crippen LogP contribution is -2.01. The van der Waals surface area contributed by atoms with Gasteiger partial charge in [0.25, 0.3) is 0 Å². The summed E-state index contributed by atoms with van der Waals surface area (Å²) in [5.41, 5.74) is 0.265. The van der Waals surface area contributed by atoms with E-state index in [1.54, 1.807) is 37.5 Å². The minimum atomic E-state index is -0.625. The number of nitro groups is 1. The topological polar surface area (TPSA) is 87.3 Å². The molecule has 1 aromatic heterocycles. The molecule has 2 aromatic rings. The highest BCUT2D eigenvalue weighted by molar-refractivity contribution is 6.07. The molecule has 0 saturated heterocycles. The molecule has 7 nitrogen and oxygen atoms in total. The van der Waals surface area contributed by atoms with Crippen LogP contribution in [0.1, 0.15) is 16.1 Å². The fourth-order valence-electron chi connectivity index (χ4n) is 1.78. The zero-order valence-electron chi connectivity index (χ0n) is 11.5. The van der Waals surface area contributed by atoms with Gasteiger partial charge in [0.2, 0.25) is 11.5 Å². The molecule has 0 atom stereocenters. The minimum absolute atomic E-state index is 0.179. The first-order chi connectivity index (χ1) is 10.0. The van der Waals surface area contributed by atoms with Crippen molar-refractivity contribution in [2.24, 2.45) is 7.05 Å². The van der Waals surface area contributed by atoms with Gasteiger partial charge < -0.3 is 4.74 Å². The summed E-state index contributed by atoms with van der Waals surface area (Å²) in [4.78, 5) is 22.2. The van der Waals surface area contributed by atoms with Gasteiger partial charge in [0, 0.05) is 7.05 Å². The lowest BCUT2D eigenvalue weighted by Gasteiger charge is -1.99. The van der Waals surface area contributed by atoms with Gasteiger partial charge in [-0.15, -0.1) is 0 Å². The maximum atomic E-state index is 12.0. The Morgan fingerprint density at radius 1 is 1.48 bits per heavy atom. The van der Waals surface area contributed by atoms with Crippen molar-refractivity contribution in [3.05, 3.63) is 57.9 Å². The largest absolute Gasteiger partial charge is 0.497 e. The van der Waals surface area contributed by atoms with Crippen LogP contribution >= 0.6 is 0 Å². The van der Waals surface area contributed by atoms with Crippen LogP contribution in [-0.2, 0) is 7.05 Å². The van der Waals surface area contributed by atoms with Gasteiger partial charge in [-0.05, 0) is 23.8 Å². The SMILES string of the molecule is COc1cccc(/C=C/C(=O)c2nn(C)cc2[N+](=O)[O-])c1. The molecular weight excluding hydrogens is 274 g/mol. The van der Waals surface area contributed by atoms with Crippen molar-refractivity contribution in [1.29, 1.82) is 0 Å². The summed E-state index contributed by atoms with van der Waals surface area (Å²) >= 11 is 0. The zero-order valence-corrected chi connectivity index (χ0v) is 11.5. The number of carbonyl (C=O) groups excluding carboxylic acids is 1. The van der Waals surface area contributed by atoms with Gasteiger partial charge in [0.05, 0.1) is 12.0 Å². The number of nitrogens with zero attached hydrogens (tertiary/aromatic N) is 3. The number of rotatable bonds is 5. The summed E-state index contributed by atoms with van der Waals surface area (Å²) in [6, 6.07) is 7.10. The standard InChI is InChI=1S/C14H13N3O4/c1-16-9-12(17(19)20)14(15-16)13(18)7-6-10-4-3-5-11(8-10)21-2/h3-9H,1-2H3/b7-6+. The fourth-order valence-corrected chi connectivity index (χ4v) is 1.78. The Hall–Kier alpha value is -2.96. The number of ketones is 1. The number of methoxy groups -OCH3 is 1. The number of hydrogen-bond acceptors (Lipinski definition) is 5. The van der Waals surface area contributed by atoms with E-state index in [0.717, 1.165) is 5.56 Å². The van der Waals surface area contributed by atoms with Crippen LogP contribution < -0.4 is 4.74 Å². The maximum Gasteiger partial charge on any atom is 0.318 e. The molecular formula is C14H13N3O4. The number of hydrogen-bond donors (Lipinski definition) is 0. The molecule has 2 rings (SSSR count). The van der Waals surface area contributed by atoms with E-state index in [-0.39, 0.29) is 11.4 Å². The summed E-state index contributed by atoms with van der Waals surface area (Å²) in [6.07, 6.45) is 4.01. The van der Waals surface area contributed by atoms with Crippen LogP contribution in [0, 0.1) is 10.1 Å². The highest BCUT2D eigenvalue weighted by atomic mass is 16.6. The molecule has 0 aliphatic carbocycles. The van der Waals surface area contributed by atoms with E-state index in [2.05, 4.69) is 5.10 Å². The van der Waals surface area contributed by atoms with Crippen LogP contribution in [0.4, 0.5) is 5.69 Å². The monoisotopic (exact) mass is 287 g/mol. The Bertz CT molecular complexity index is 719. The summed E-state index contributed by atoms with van der Waals surface area (Å²) in [5, 5.41) is 14.7. The van der Waals surface area contributed by atoms with E-state index < -0.39 is 10.7 Å². The van der Waals surface area contributed by atoms with Gasteiger partial charge in [-0.1, -0.05) is 18.2 Å². The molecule has 7 heteroatoms. The van der Waals surface area contributed by atoms with Crippen molar-refractivity contribution < 1.29 is 14.5 Å². The van der Waals surface area contributed by atoms with Crippen LogP contribution in [0.2, 0.25) is 0 Å². The molecule has 21 heavy (non-hydrogen) atoms. The number of allylic oxidation sites excluding steroid dienone is 1. The molecule has 0 amide bonds. The molecule has 1 heterocycles. The van der Waals surface area contributed by atoms with E-state index in [0.29, 0.717) is 5.75 Å². The van der Waals surface area contributed by atoms with E-state index in [9.17, 15) is 14.9 Å². The van der Waals surface area contributed by atoms with Gasteiger partial charge in [-0.3, -0.25) is 19.6 Å². The van der Waals surface area contributed by atoms with Gasteiger partial charge in [0.15, 0.2) is 0 Å². The summed E-state index contributed by atoms with van der Waals surface area (Å²) in [5.74, 6) is 0.138. The van der Waals surface area contributed by atoms with Crippen molar-refractivity contribution in [3.8, 4) is 5.75 Å². The molecule has 0 N–H and O–H groups in total. The molecule has 0 fully saturated rings. The summed E-state index contributed by atoms with van der Waals surface area (Å²) in [7, 11) is 3.07. The Morgan fingerprint density at radius 3 is 2.90 bits per heavy atom. The molecule has 0 radical (unpaired) electrons. The first-order valence-electron chi connectivity index (χ1n) is 6.05. The second-order valence-electron chi connectivity index (χ2n) is 4.27. The maximum absolute atomic E-state index is 12.0. The van der Waals surface area contributed by atoms with Gasteiger partial charge >= 0.3 is 5.69 Å². The molecule has 1 aromatic carbocycles. The second-order valence-corrected chi connectivity index (χ2v) is 4.27. The average Bonchev–Trinajstić information content (AvgIpc) is 2.87. The number of carbonyl (C=O) groups is 1. The van der Waals surface area contributed by atoms with Gasteiger partial charge in [0.1, 0.15) is 11.9 Å². The number of aryl methyl sites for hydroxylation is 1. The molecule has 0 aliphatic heterocycles. The molecule has 0 bridgehead atoms. The predicted molar refractivity (Wildman–Crippen MR) is 76.2 cm³/mol. The average molecular weight is 287 g/mol. The second kappa shape index (κ2) is 6.00. The van der Waals surface area contributed by atoms with Gasteiger partial charge in [-0.25, -0.2) is 0 Å². The zero-order chi connectivity index (χ0) is 15.4. The predicted octanol–water partition coefficient (Wildman–Crippen LogP) is 2.23. The third kappa shape index (κ3) is 3.33. The van der Waals surface area contributed by atoms with Crippen LogP contribution in [0.25, 0.3) is 6.08 Å². The van der Waals surface area contributed by atoms with Crippen molar-refractivity contribution in [2.75, 3.05) is 7.11 Å². The number of aromatic nitrogens is 2. The third-order valence-electron chi connectivity index (χ3n) is 2.76. The number of ether oxygens (including phenoxy) is 1. The fraction of sp³-hybridized carbons (Fsp3) is 0.143. The molecule has 108 valence electrons. The van der Waals surface area contributed by atoms with E-state index in [1.807, 2.05) is 0 Å². The van der Waals surface area contributed by atoms with Crippen molar-refractivity contribution in [2.45, 2.75) is 0 Å². The Kier molecular flexibility index (Phi) is 4.13. The van der Waals surface area contributed by atoms with Gasteiger partial charge in [-0.2, -0.15) is 5.10 Å². The quantitative estimate of drug-likeness (QED) is 0.364. The van der Waals surface area contributed by atoms with Crippen LogP contribution in [0.5, 0.6) is 5.75 Å². The third-order valence-corrected chi connectivity index (χ3v) is 2.76. The Morgan fingerprint density at radius 2 is 2.24 bits per heavy atom. The highest BCUT2D eigenvalue weighted by Gasteiger charge is 2.22. The lowest BCUT2D eigenvalue weighted by atomic mass is 10.1. The Labute approximate surface area is 120 Å². The summed E-state index contributed by atoms with van der Waals surface area (Å²) < 4.78 is 6.32. The van der Waals surface area contributed by atoms with E-state index >= 15 is 0 Å². The van der Waals surface area contributed by atoms with E-state index in [1.165, 1.54) is 24.0 Å². The molecule has 0 unspecified atom stereocenters. The first kappa shape index (κ1) is 14.4. The van der Waals surface area contributed by atoms with Crippen molar-refractivity contribution in [3.63, 3.8) is 0 Å². The van der Waals surface area contributed by atoms with Crippen LogP contribution in [0.15, 0.2) is 36.5 Å². The van der Waals surface area contributed by atoms with Crippen molar-refractivity contribution >= 4 is 17.5 Å². The van der Waals surface area contributed by atoms with Crippen molar-refractivity contribution in [1.82, 2.24) is 9.78 Å². The molecule has 0 saturated carbocycles. The lowest BCUT2D eigenvalue weighted by molar-refractivity contribution is -0.385. The summed E-state index contributed by atoms with van der Waals surface area (Å²) in [6.45, 7) is 0. The van der Waals surface area contributed by atoms with E-state index in [4.69, 9.17) is 4.74 Å².